The van der Waals surface area contributed by atoms with E-state index in [4.69, 9.17) is 4.74 Å². The molecule has 0 unspecified atom stereocenters. The van der Waals surface area contributed by atoms with Gasteiger partial charge in [-0.2, -0.15) is 13.2 Å². The Morgan fingerprint density at radius 1 is 1.08 bits per heavy atom. The maximum atomic E-state index is 12.4. The standard InChI is InChI=1S/C18H17F3O3S/c1-24-14-9-7-13(8-10-14)16(22)15(12-5-3-2-4-6-12)17(23)25-11-18(19,20)21/h2-10,15-16,22H,11H2,1H3/t15-,16+/m0/s1. The number of aliphatic hydroxyl groups is 1. The van der Waals surface area contributed by atoms with Gasteiger partial charge in [0.1, 0.15) is 5.75 Å². The molecule has 2 aromatic carbocycles. The van der Waals surface area contributed by atoms with Crippen LogP contribution in [0.2, 0.25) is 0 Å². The van der Waals surface area contributed by atoms with E-state index in [-0.39, 0.29) is 11.8 Å². The van der Waals surface area contributed by atoms with Gasteiger partial charge in [0.25, 0.3) is 0 Å². The number of benzene rings is 2. The van der Waals surface area contributed by atoms with Crippen LogP contribution < -0.4 is 4.74 Å². The van der Waals surface area contributed by atoms with E-state index >= 15 is 0 Å². The van der Waals surface area contributed by atoms with Crippen LogP contribution in [0.4, 0.5) is 13.2 Å². The van der Waals surface area contributed by atoms with Crippen molar-refractivity contribution in [3.63, 3.8) is 0 Å². The molecule has 0 aliphatic rings. The lowest BCUT2D eigenvalue weighted by Crippen LogP contribution is -2.21. The van der Waals surface area contributed by atoms with Gasteiger partial charge in [-0.15, -0.1) is 0 Å². The maximum Gasteiger partial charge on any atom is 0.398 e. The van der Waals surface area contributed by atoms with Gasteiger partial charge >= 0.3 is 6.18 Å². The number of halogens is 3. The summed E-state index contributed by atoms with van der Waals surface area (Å²) in [5, 5.41) is 9.91. The Bertz CT molecular complexity index is 687. The number of hydrogen-bond donors (Lipinski definition) is 1. The minimum Gasteiger partial charge on any atom is -0.497 e. The van der Waals surface area contributed by atoms with E-state index in [1.54, 1.807) is 54.6 Å². The lowest BCUT2D eigenvalue weighted by atomic mass is 9.90. The Morgan fingerprint density at radius 3 is 2.20 bits per heavy atom. The average Bonchev–Trinajstić information content (AvgIpc) is 2.60. The van der Waals surface area contributed by atoms with Crippen LogP contribution in [-0.2, 0) is 4.79 Å². The summed E-state index contributed by atoms with van der Waals surface area (Å²) in [6.45, 7) is 0. The van der Waals surface area contributed by atoms with E-state index in [1.807, 2.05) is 0 Å². The molecule has 25 heavy (non-hydrogen) atoms. The summed E-state index contributed by atoms with van der Waals surface area (Å²) in [5.41, 5.74) is 0.890. The van der Waals surface area contributed by atoms with Crippen molar-refractivity contribution in [2.75, 3.05) is 12.9 Å². The minimum atomic E-state index is -4.45. The molecule has 0 fully saturated rings. The molecular weight excluding hydrogens is 353 g/mol. The quantitative estimate of drug-likeness (QED) is 0.822. The van der Waals surface area contributed by atoms with Gasteiger partial charge in [0.15, 0.2) is 5.12 Å². The summed E-state index contributed by atoms with van der Waals surface area (Å²) in [4.78, 5) is 12.4. The molecule has 1 N–H and O–H groups in total. The number of ether oxygens (including phenoxy) is 1. The smallest absolute Gasteiger partial charge is 0.398 e. The highest BCUT2D eigenvalue weighted by atomic mass is 32.2. The Kier molecular flexibility index (Phi) is 6.50. The second-order valence-corrected chi connectivity index (χ2v) is 6.31. The summed E-state index contributed by atoms with van der Waals surface area (Å²) in [6.07, 6.45) is -5.71. The summed E-state index contributed by atoms with van der Waals surface area (Å²) in [6, 6.07) is 14.7. The Morgan fingerprint density at radius 2 is 1.68 bits per heavy atom. The SMILES string of the molecule is COc1ccc([C@@H](O)[C@@H](C(=O)SCC(F)(F)F)c2ccccc2)cc1. The van der Waals surface area contributed by atoms with Crippen LogP contribution in [0.1, 0.15) is 23.1 Å². The molecule has 0 saturated heterocycles. The van der Waals surface area contributed by atoms with Gasteiger partial charge in [0.2, 0.25) is 0 Å². The number of carbonyl (C=O) groups is 1. The number of aliphatic hydroxyl groups excluding tert-OH is 1. The fraction of sp³-hybridized carbons (Fsp3) is 0.278. The summed E-state index contributed by atoms with van der Waals surface area (Å²) < 4.78 is 42.4. The van der Waals surface area contributed by atoms with Gasteiger partial charge in [-0.05, 0) is 23.3 Å². The largest absolute Gasteiger partial charge is 0.497 e. The summed E-state index contributed by atoms with van der Waals surface area (Å²) in [7, 11) is 1.50. The van der Waals surface area contributed by atoms with Crippen LogP contribution in [0.5, 0.6) is 5.75 Å². The Hall–Kier alpha value is -1.99. The van der Waals surface area contributed by atoms with Crippen molar-refractivity contribution in [2.24, 2.45) is 0 Å². The van der Waals surface area contributed by atoms with Crippen molar-refractivity contribution >= 4 is 16.9 Å². The van der Waals surface area contributed by atoms with Crippen LogP contribution in [0, 0.1) is 0 Å². The molecule has 134 valence electrons. The van der Waals surface area contributed by atoms with E-state index in [1.165, 1.54) is 7.11 Å². The first-order chi connectivity index (χ1) is 11.8. The molecule has 7 heteroatoms. The molecule has 2 rings (SSSR count). The molecule has 0 radical (unpaired) electrons. The van der Waals surface area contributed by atoms with Gasteiger partial charge in [-0.1, -0.05) is 54.2 Å². The van der Waals surface area contributed by atoms with Crippen molar-refractivity contribution in [1.82, 2.24) is 0 Å². The molecular formula is C18H17F3O3S. The Labute approximate surface area is 147 Å². The monoisotopic (exact) mass is 370 g/mol. The van der Waals surface area contributed by atoms with E-state index in [0.717, 1.165) is 0 Å². The first kappa shape index (κ1) is 19.3. The summed E-state index contributed by atoms with van der Waals surface area (Å²) >= 11 is 0.168. The van der Waals surface area contributed by atoms with Crippen LogP contribution in [0.25, 0.3) is 0 Å². The molecule has 0 aliphatic carbocycles. The van der Waals surface area contributed by atoms with Crippen molar-refractivity contribution < 1.29 is 27.8 Å². The van der Waals surface area contributed by atoms with E-state index in [2.05, 4.69) is 0 Å². The number of hydrogen-bond acceptors (Lipinski definition) is 4. The zero-order valence-electron chi connectivity index (χ0n) is 13.4. The molecule has 0 saturated carbocycles. The first-order valence-electron chi connectivity index (χ1n) is 7.42. The zero-order valence-corrected chi connectivity index (χ0v) is 14.2. The number of thioether (sulfide) groups is 1. The third kappa shape index (κ3) is 5.51. The maximum absolute atomic E-state index is 12.4. The van der Waals surface area contributed by atoms with Crippen LogP contribution in [0.3, 0.4) is 0 Å². The molecule has 0 bridgehead atoms. The highest BCUT2D eigenvalue weighted by Gasteiger charge is 2.34. The highest BCUT2D eigenvalue weighted by Crippen LogP contribution is 2.36. The first-order valence-corrected chi connectivity index (χ1v) is 8.41. The topological polar surface area (TPSA) is 46.5 Å². The van der Waals surface area contributed by atoms with Gasteiger partial charge in [0.05, 0.1) is 24.9 Å². The molecule has 0 aromatic heterocycles. The Balaban J connectivity index is 2.28. The molecule has 3 nitrogen and oxygen atoms in total. The average molecular weight is 370 g/mol. The van der Waals surface area contributed by atoms with Crippen LogP contribution in [-0.4, -0.2) is 29.3 Å². The third-order valence-electron chi connectivity index (χ3n) is 3.56. The fourth-order valence-electron chi connectivity index (χ4n) is 2.34. The number of rotatable bonds is 6. The van der Waals surface area contributed by atoms with Crippen LogP contribution >= 0.6 is 11.8 Å². The van der Waals surface area contributed by atoms with Crippen molar-refractivity contribution in [1.29, 1.82) is 0 Å². The normalized spacial score (nSPS) is 14.0. The van der Waals surface area contributed by atoms with Gasteiger partial charge in [-0.25, -0.2) is 0 Å². The van der Waals surface area contributed by atoms with Gasteiger partial charge in [0, 0.05) is 0 Å². The van der Waals surface area contributed by atoms with Gasteiger partial charge in [-0.3, -0.25) is 4.79 Å². The summed E-state index contributed by atoms with van der Waals surface area (Å²) in [5.74, 6) is -1.81. The fourth-order valence-corrected chi connectivity index (χ4v) is 3.09. The lowest BCUT2D eigenvalue weighted by molar-refractivity contribution is -0.116. The second-order valence-electron chi connectivity index (χ2n) is 5.33. The second kappa shape index (κ2) is 8.40. The van der Waals surface area contributed by atoms with Crippen LogP contribution in [0.15, 0.2) is 54.6 Å². The van der Waals surface area contributed by atoms with E-state index in [9.17, 15) is 23.1 Å². The van der Waals surface area contributed by atoms with E-state index in [0.29, 0.717) is 16.9 Å². The zero-order chi connectivity index (χ0) is 18.4. The van der Waals surface area contributed by atoms with E-state index < -0.39 is 29.1 Å². The predicted molar refractivity (Wildman–Crippen MR) is 90.7 cm³/mol. The lowest BCUT2D eigenvalue weighted by Gasteiger charge is -2.22. The molecule has 2 aromatic rings. The van der Waals surface area contributed by atoms with Crippen molar-refractivity contribution in [3.8, 4) is 5.75 Å². The number of methoxy groups -OCH3 is 1. The molecule has 0 spiro atoms. The van der Waals surface area contributed by atoms with Crippen molar-refractivity contribution in [2.45, 2.75) is 18.2 Å². The molecule has 2 atom stereocenters. The molecule has 0 aliphatic heterocycles. The molecule has 0 heterocycles. The third-order valence-corrected chi connectivity index (χ3v) is 4.57. The van der Waals surface area contributed by atoms with Crippen molar-refractivity contribution in [3.05, 3.63) is 65.7 Å². The minimum absolute atomic E-state index is 0.168. The number of alkyl halides is 3. The van der Waals surface area contributed by atoms with Gasteiger partial charge < -0.3 is 9.84 Å². The number of carbonyl (C=O) groups excluding carboxylic acids is 1. The molecule has 0 amide bonds. The highest BCUT2D eigenvalue weighted by molar-refractivity contribution is 8.13. The predicted octanol–water partition coefficient (Wildman–Crippen LogP) is 4.33.